The van der Waals surface area contributed by atoms with E-state index in [2.05, 4.69) is 0 Å². The molecule has 0 saturated heterocycles. The van der Waals surface area contributed by atoms with Crippen molar-refractivity contribution in [2.24, 2.45) is 0 Å². The molecule has 126 valence electrons. The van der Waals surface area contributed by atoms with Crippen LogP contribution in [0.3, 0.4) is 0 Å². The van der Waals surface area contributed by atoms with Gasteiger partial charge in [-0.15, -0.1) is 0 Å². The minimum absolute atomic E-state index is 0.277. The van der Waals surface area contributed by atoms with Crippen molar-refractivity contribution in [3.05, 3.63) is 65.2 Å². The maximum absolute atomic E-state index is 12.5. The van der Waals surface area contributed by atoms with Gasteiger partial charge in [-0.25, -0.2) is 4.90 Å². The van der Waals surface area contributed by atoms with Crippen LogP contribution in [-0.4, -0.2) is 28.0 Å². The lowest BCUT2D eigenvalue weighted by molar-refractivity contribution is -0.136. The van der Waals surface area contributed by atoms with Crippen molar-refractivity contribution in [2.75, 3.05) is 4.90 Å². The van der Waals surface area contributed by atoms with Gasteiger partial charge in [-0.05, 0) is 29.8 Å². The number of rotatable bonds is 4. The highest BCUT2D eigenvalue weighted by molar-refractivity contribution is 8.14. The Hall–Kier alpha value is -2.93. The minimum Gasteiger partial charge on any atom is -0.480 e. The molecule has 1 aliphatic rings. The van der Waals surface area contributed by atoms with E-state index in [0.29, 0.717) is 28.5 Å². The molecular formula is C18H13NO5S. The molecule has 1 heterocycles. The molecule has 1 unspecified atom stereocenters. The number of amides is 2. The van der Waals surface area contributed by atoms with Gasteiger partial charge in [-0.2, -0.15) is 0 Å². The monoisotopic (exact) mass is 355 g/mol. The largest absolute Gasteiger partial charge is 0.480 e. The first-order chi connectivity index (χ1) is 11.9. The van der Waals surface area contributed by atoms with Crippen LogP contribution in [0.4, 0.5) is 5.69 Å². The van der Waals surface area contributed by atoms with E-state index in [1.54, 1.807) is 42.5 Å². The summed E-state index contributed by atoms with van der Waals surface area (Å²) in [6.45, 7) is 1.29. The molecule has 25 heavy (non-hydrogen) atoms. The third-order valence-corrected chi connectivity index (χ3v) is 4.77. The standard InChI is InChI=1S/C18H13NO5S/c1-10(20)25-15(18(23)24)11-5-4-6-12(9-11)19-16(21)13-7-2-3-8-14(13)17(19)22/h2-9,15H,1H3,(H,23,24). The number of carbonyl (C=O) groups is 4. The summed E-state index contributed by atoms with van der Waals surface area (Å²) >= 11 is 0.674. The zero-order valence-corrected chi connectivity index (χ0v) is 13.9. The van der Waals surface area contributed by atoms with Crippen LogP contribution in [0.15, 0.2) is 48.5 Å². The molecule has 2 aromatic carbocycles. The van der Waals surface area contributed by atoms with Gasteiger partial charge in [0.2, 0.25) is 0 Å². The first-order valence-electron chi connectivity index (χ1n) is 7.38. The van der Waals surface area contributed by atoms with Crippen molar-refractivity contribution in [3.8, 4) is 0 Å². The normalized spacial score (nSPS) is 14.4. The summed E-state index contributed by atoms with van der Waals surface area (Å²) in [6, 6.07) is 12.6. The van der Waals surface area contributed by atoms with Gasteiger partial charge in [0.1, 0.15) is 5.25 Å². The van der Waals surface area contributed by atoms with Gasteiger partial charge in [-0.1, -0.05) is 36.0 Å². The van der Waals surface area contributed by atoms with Crippen molar-refractivity contribution < 1.29 is 24.3 Å². The number of carboxylic acid groups (broad SMARTS) is 1. The van der Waals surface area contributed by atoms with Gasteiger partial charge in [-0.3, -0.25) is 19.2 Å². The number of nitrogens with zero attached hydrogens (tertiary/aromatic N) is 1. The first kappa shape index (κ1) is 16.9. The summed E-state index contributed by atoms with van der Waals surface area (Å²) in [5.41, 5.74) is 1.23. The predicted octanol–water partition coefficient (Wildman–Crippen LogP) is 2.89. The summed E-state index contributed by atoms with van der Waals surface area (Å²) in [5, 5.41) is 7.92. The van der Waals surface area contributed by atoms with E-state index in [1.807, 2.05) is 0 Å². The molecule has 0 radical (unpaired) electrons. The SMILES string of the molecule is CC(=O)SC(C(=O)O)c1cccc(N2C(=O)c3ccccc3C2=O)c1. The van der Waals surface area contributed by atoms with E-state index in [4.69, 9.17) is 0 Å². The molecule has 1 N–H and O–H groups in total. The molecule has 2 amide bonds. The lowest BCUT2D eigenvalue weighted by atomic mass is 10.1. The molecule has 0 aromatic heterocycles. The van der Waals surface area contributed by atoms with Crippen LogP contribution in [0.5, 0.6) is 0 Å². The zero-order valence-electron chi connectivity index (χ0n) is 13.1. The van der Waals surface area contributed by atoms with Crippen molar-refractivity contribution in [1.82, 2.24) is 0 Å². The van der Waals surface area contributed by atoms with Crippen LogP contribution < -0.4 is 4.90 Å². The quantitative estimate of drug-likeness (QED) is 0.848. The van der Waals surface area contributed by atoms with Crippen LogP contribution in [0.1, 0.15) is 38.5 Å². The first-order valence-corrected chi connectivity index (χ1v) is 8.26. The molecule has 1 atom stereocenters. The van der Waals surface area contributed by atoms with E-state index in [0.717, 1.165) is 4.90 Å². The zero-order chi connectivity index (χ0) is 18.1. The number of fused-ring (bicyclic) bond motifs is 1. The molecule has 0 bridgehead atoms. The lowest BCUT2D eigenvalue weighted by Gasteiger charge is -2.17. The van der Waals surface area contributed by atoms with E-state index < -0.39 is 23.0 Å². The fourth-order valence-corrected chi connectivity index (χ4v) is 3.39. The Bertz CT molecular complexity index is 873. The summed E-state index contributed by atoms with van der Waals surface area (Å²) in [5.74, 6) is -2.08. The van der Waals surface area contributed by atoms with Crippen LogP contribution in [-0.2, 0) is 9.59 Å². The maximum Gasteiger partial charge on any atom is 0.321 e. The molecule has 2 aromatic rings. The van der Waals surface area contributed by atoms with Crippen LogP contribution >= 0.6 is 11.8 Å². The number of hydrogen-bond acceptors (Lipinski definition) is 5. The molecule has 3 rings (SSSR count). The summed E-state index contributed by atoms with van der Waals surface area (Å²) in [6.07, 6.45) is 0. The minimum atomic E-state index is -1.17. The highest BCUT2D eigenvalue weighted by Gasteiger charge is 2.36. The highest BCUT2D eigenvalue weighted by Crippen LogP contribution is 2.34. The lowest BCUT2D eigenvalue weighted by Crippen LogP contribution is -2.29. The predicted molar refractivity (Wildman–Crippen MR) is 92.7 cm³/mol. The number of thioether (sulfide) groups is 1. The molecule has 0 saturated carbocycles. The number of imide groups is 1. The molecule has 7 heteroatoms. The second-order valence-corrected chi connectivity index (χ2v) is 6.70. The Balaban J connectivity index is 2.00. The fraction of sp³-hybridized carbons (Fsp3) is 0.111. The van der Waals surface area contributed by atoms with Gasteiger partial charge >= 0.3 is 5.97 Å². The fourth-order valence-electron chi connectivity index (χ4n) is 2.68. The Labute approximate surface area is 147 Å². The van der Waals surface area contributed by atoms with E-state index in [1.165, 1.54) is 13.0 Å². The Morgan fingerprint density at radius 1 is 1.00 bits per heavy atom. The summed E-state index contributed by atoms with van der Waals surface area (Å²) < 4.78 is 0. The van der Waals surface area contributed by atoms with Gasteiger partial charge in [0.05, 0.1) is 16.8 Å². The van der Waals surface area contributed by atoms with Gasteiger partial charge < -0.3 is 5.11 Å². The molecule has 0 fully saturated rings. The topological polar surface area (TPSA) is 91.8 Å². The van der Waals surface area contributed by atoms with Gasteiger partial charge in [0, 0.05) is 6.92 Å². The molecule has 0 spiro atoms. The molecule has 0 aliphatic carbocycles. The van der Waals surface area contributed by atoms with Gasteiger partial charge in [0.25, 0.3) is 11.8 Å². The molecule has 1 aliphatic heterocycles. The number of aliphatic carboxylic acids is 1. The van der Waals surface area contributed by atoms with Crippen LogP contribution in [0, 0.1) is 0 Å². The second kappa shape index (κ2) is 6.52. The third-order valence-electron chi connectivity index (χ3n) is 3.73. The molecular weight excluding hydrogens is 342 g/mol. The summed E-state index contributed by atoms with van der Waals surface area (Å²) in [4.78, 5) is 48.8. The van der Waals surface area contributed by atoms with Crippen molar-refractivity contribution in [2.45, 2.75) is 12.2 Å². The highest BCUT2D eigenvalue weighted by atomic mass is 32.2. The number of anilines is 1. The van der Waals surface area contributed by atoms with Crippen LogP contribution in [0.2, 0.25) is 0 Å². The third kappa shape index (κ3) is 3.06. The Kier molecular flexibility index (Phi) is 4.41. The summed E-state index contributed by atoms with van der Waals surface area (Å²) in [7, 11) is 0. The Morgan fingerprint density at radius 3 is 2.12 bits per heavy atom. The van der Waals surface area contributed by atoms with E-state index in [9.17, 15) is 24.3 Å². The van der Waals surface area contributed by atoms with Gasteiger partial charge in [0.15, 0.2) is 5.12 Å². The van der Waals surface area contributed by atoms with Crippen molar-refractivity contribution in [1.29, 1.82) is 0 Å². The maximum atomic E-state index is 12.5. The average molecular weight is 355 g/mol. The smallest absolute Gasteiger partial charge is 0.321 e. The van der Waals surface area contributed by atoms with E-state index in [-0.39, 0.29) is 10.8 Å². The molecule has 6 nitrogen and oxygen atoms in total. The number of benzene rings is 2. The van der Waals surface area contributed by atoms with E-state index >= 15 is 0 Å². The van der Waals surface area contributed by atoms with Crippen molar-refractivity contribution in [3.63, 3.8) is 0 Å². The number of carbonyl (C=O) groups excluding carboxylic acids is 3. The second-order valence-electron chi connectivity index (χ2n) is 5.41. The average Bonchev–Trinajstić information content (AvgIpc) is 2.84. The number of hydrogen-bond donors (Lipinski definition) is 1. The Morgan fingerprint density at radius 2 is 1.60 bits per heavy atom. The number of carboxylic acids is 1. The van der Waals surface area contributed by atoms with Crippen LogP contribution in [0.25, 0.3) is 0 Å². The van der Waals surface area contributed by atoms with Crippen molar-refractivity contribution >= 4 is 40.3 Å².